The summed E-state index contributed by atoms with van der Waals surface area (Å²) in [4.78, 5) is 12.2. The summed E-state index contributed by atoms with van der Waals surface area (Å²) in [5.41, 5.74) is 2.56. The van der Waals surface area contributed by atoms with Crippen LogP contribution in [-0.2, 0) is 4.79 Å². The van der Waals surface area contributed by atoms with Crippen molar-refractivity contribution in [2.24, 2.45) is 28.6 Å². The first-order chi connectivity index (χ1) is 11.3. The van der Waals surface area contributed by atoms with E-state index in [4.69, 9.17) is 0 Å². The summed E-state index contributed by atoms with van der Waals surface area (Å²) < 4.78 is 0. The Kier molecular flexibility index (Phi) is 3.64. The van der Waals surface area contributed by atoms with E-state index < -0.39 is 0 Å². The number of aliphatic hydroxyl groups is 2. The number of allylic oxidation sites excluding steroid dienone is 2. The number of aliphatic hydroxyl groups excluding tert-OH is 2. The Balaban J connectivity index is 1.77. The fraction of sp³-hybridized carbons (Fsp3) is 0.762. The van der Waals surface area contributed by atoms with E-state index in [0.717, 1.165) is 38.5 Å². The Hall–Kier alpha value is -0.930. The largest absolute Gasteiger partial charge is 0.393 e. The van der Waals surface area contributed by atoms with Crippen LogP contribution in [0.4, 0.5) is 0 Å². The van der Waals surface area contributed by atoms with Crippen LogP contribution in [0.3, 0.4) is 0 Å². The second-order valence-corrected chi connectivity index (χ2v) is 9.22. The molecule has 2 N–H and O–H groups in total. The molecule has 4 rings (SSSR count). The van der Waals surface area contributed by atoms with Gasteiger partial charge in [-0.2, -0.15) is 0 Å². The first kappa shape index (κ1) is 16.5. The number of fused-ring (bicyclic) bond motifs is 5. The van der Waals surface area contributed by atoms with Crippen LogP contribution in [0.5, 0.6) is 0 Å². The highest BCUT2D eigenvalue weighted by Crippen LogP contribution is 2.64. The molecule has 0 amide bonds. The number of ketones is 1. The molecule has 0 saturated heterocycles. The second kappa shape index (κ2) is 5.28. The van der Waals surface area contributed by atoms with Crippen LogP contribution in [0.25, 0.3) is 0 Å². The zero-order chi connectivity index (χ0) is 17.3. The second-order valence-electron chi connectivity index (χ2n) is 9.22. The average molecular weight is 330 g/mol. The Morgan fingerprint density at radius 3 is 2.62 bits per heavy atom. The lowest BCUT2D eigenvalue weighted by Crippen LogP contribution is -2.52. The molecule has 3 saturated carbocycles. The minimum absolute atomic E-state index is 0.0294. The van der Waals surface area contributed by atoms with Crippen LogP contribution in [0.15, 0.2) is 23.3 Å². The van der Waals surface area contributed by atoms with Gasteiger partial charge < -0.3 is 10.2 Å². The number of rotatable bonds is 1. The summed E-state index contributed by atoms with van der Waals surface area (Å²) in [6.45, 7) is 6.22. The number of Topliss-reactive ketones (excluding diaryl/α,β-unsaturated/α-hetero) is 1. The van der Waals surface area contributed by atoms with Gasteiger partial charge in [0.15, 0.2) is 0 Å². The predicted octanol–water partition coefficient (Wildman–Crippen LogP) is 3.41. The molecular weight excluding hydrogens is 300 g/mol. The molecule has 4 aliphatic carbocycles. The van der Waals surface area contributed by atoms with Crippen LogP contribution < -0.4 is 0 Å². The van der Waals surface area contributed by atoms with Crippen molar-refractivity contribution in [1.29, 1.82) is 0 Å². The van der Waals surface area contributed by atoms with Gasteiger partial charge in [-0.1, -0.05) is 37.1 Å². The quantitative estimate of drug-likeness (QED) is 0.775. The van der Waals surface area contributed by atoms with E-state index in [1.807, 2.05) is 0 Å². The van der Waals surface area contributed by atoms with Crippen LogP contribution in [0.2, 0.25) is 0 Å². The van der Waals surface area contributed by atoms with Crippen molar-refractivity contribution in [2.75, 3.05) is 0 Å². The third-order valence-electron chi connectivity index (χ3n) is 7.97. The van der Waals surface area contributed by atoms with E-state index in [0.29, 0.717) is 5.92 Å². The molecule has 0 unspecified atom stereocenters. The van der Waals surface area contributed by atoms with Gasteiger partial charge in [0.05, 0.1) is 12.2 Å². The van der Waals surface area contributed by atoms with E-state index in [9.17, 15) is 15.0 Å². The highest BCUT2D eigenvalue weighted by atomic mass is 16.3. The minimum Gasteiger partial charge on any atom is -0.393 e. The molecule has 4 aliphatic rings. The predicted molar refractivity (Wildman–Crippen MR) is 93.2 cm³/mol. The first-order valence-electron chi connectivity index (χ1n) is 9.55. The first-order valence-corrected chi connectivity index (χ1v) is 9.55. The molecule has 0 aromatic carbocycles. The molecule has 0 aromatic heterocycles. The molecule has 0 radical (unpaired) electrons. The Labute approximate surface area is 144 Å². The maximum absolute atomic E-state index is 12.2. The molecule has 0 bridgehead atoms. The van der Waals surface area contributed by atoms with Crippen molar-refractivity contribution in [3.05, 3.63) is 23.3 Å². The van der Waals surface area contributed by atoms with Gasteiger partial charge in [-0.3, -0.25) is 4.79 Å². The maximum Gasteiger partial charge on any atom is 0.133 e. The Morgan fingerprint density at radius 1 is 1.17 bits per heavy atom. The molecular formula is C21H30O3. The molecule has 24 heavy (non-hydrogen) atoms. The van der Waals surface area contributed by atoms with Crippen molar-refractivity contribution in [3.8, 4) is 0 Å². The SMILES string of the molecule is CC(=O)[C@H]1CC[C@H]2C3=CC=C4C[C@@H](O)CC[C@@]4(C)[C@@H]3[C@@H](O)C[C@]12C. The van der Waals surface area contributed by atoms with Crippen LogP contribution in [-0.4, -0.2) is 28.2 Å². The third-order valence-corrected chi connectivity index (χ3v) is 7.97. The van der Waals surface area contributed by atoms with Gasteiger partial charge in [0, 0.05) is 11.8 Å². The van der Waals surface area contributed by atoms with E-state index >= 15 is 0 Å². The van der Waals surface area contributed by atoms with Crippen molar-refractivity contribution >= 4 is 5.78 Å². The summed E-state index contributed by atoms with van der Waals surface area (Å²) in [5, 5.41) is 21.2. The van der Waals surface area contributed by atoms with E-state index in [-0.39, 0.29) is 40.7 Å². The highest BCUT2D eigenvalue weighted by molar-refractivity contribution is 5.79. The number of hydrogen-bond acceptors (Lipinski definition) is 3. The molecule has 3 heteroatoms. The third kappa shape index (κ3) is 2.07. The fourth-order valence-corrected chi connectivity index (χ4v) is 6.78. The van der Waals surface area contributed by atoms with Gasteiger partial charge in [-0.25, -0.2) is 0 Å². The highest BCUT2D eigenvalue weighted by Gasteiger charge is 2.60. The summed E-state index contributed by atoms with van der Waals surface area (Å²) in [6.07, 6.45) is 9.08. The molecule has 132 valence electrons. The topological polar surface area (TPSA) is 57.5 Å². The Bertz CT molecular complexity index is 633. The molecule has 0 aliphatic heterocycles. The Morgan fingerprint density at radius 2 is 1.92 bits per heavy atom. The summed E-state index contributed by atoms with van der Waals surface area (Å²) in [7, 11) is 0. The molecule has 7 atom stereocenters. The number of carbonyl (C=O) groups excluding carboxylic acids is 1. The molecule has 0 heterocycles. The zero-order valence-corrected chi connectivity index (χ0v) is 15.1. The molecule has 3 fully saturated rings. The van der Waals surface area contributed by atoms with Gasteiger partial charge >= 0.3 is 0 Å². The average Bonchev–Trinajstić information content (AvgIpc) is 2.84. The lowest BCUT2D eigenvalue weighted by molar-refractivity contribution is -0.126. The number of hydrogen-bond donors (Lipinski definition) is 2. The van der Waals surface area contributed by atoms with Crippen LogP contribution in [0.1, 0.15) is 59.3 Å². The normalized spacial score (nSPS) is 50.3. The van der Waals surface area contributed by atoms with Crippen LogP contribution >= 0.6 is 0 Å². The van der Waals surface area contributed by atoms with E-state index in [1.165, 1.54) is 11.1 Å². The lowest BCUT2D eigenvalue weighted by atomic mass is 9.49. The number of carbonyl (C=O) groups is 1. The zero-order valence-electron chi connectivity index (χ0n) is 15.1. The van der Waals surface area contributed by atoms with E-state index in [2.05, 4.69) is 26.0 Å². The van der Waals surface area contributed by atoms with Crippen molar-refractivity contribution < 1.29 is 15.0 Å². The van der Waals surface area contributed by atoms with E-state index in [1.54, 1.807) is 6.92 Å². The minimum atomic E-state index is -0.388. The van der Waals surface area contributed by atoms with Gasteiger partial charge in [0.2, 0.25) is 0 Å². The van der Waals surface area contributed by atoms with Gasteiger partial charge in [-0.05, 0) is 62.2 Å². The molecule has 0 spiro atoms. The lowest BCUT2D eigenvalue weighted by Gasteiger charge is -2.56. The fourth-order valence-electron chi connectivity index (χ4n) is 6.78. The summed E-state index contributed by atoms with van der Waals surface area (Å²) in [5.74, 6) is 0.950. The van der Waals surface area contributed by atoms with Gasteiger partial charge in [-0.15, -0.1) is 0 Å². The van der Waals surface area contributed by atoms with Crippen LogP contribution in [0, 0.1) is 28.6 Å². The maximum atomic E-state index is 12.2. The smallest absolute Gasteiger partial charge is 0.133 e. The van der Waals surface area contributed by atoms with Crippen molar-refractivity contribution in [3.63, 3.8) is 0 Å². The van der Waals surface area contributed by atoms with Crippen molar-refractivity contribution in [1.82, 2.24) is 0 Å². The van der Waals surface area contributed by atoms with Gasteiger partial charge in [0.1, 0.15) is 5.78 Å². The van der Waals surface area contributed by atoms with Gasteiger partial charge in [0.25, 0.3) is 0 Å². The summed E-state index contributed by atoms with van der Waals surface area (Å²) >= 11 is 0. The standard InChI is InChI=1S/C21H30O3/c1-12(22)16-6-7-17-15-5-4-13-10-14(23)8-9-20(13,2)19(15)18(24)11-21(16,17)3/h4-5,14,16-19,23-24H,6-11H2,1-3H3/t14-,16+,17-,18-,19-,20+,21+/m0/s1. The molecule has 3 nitrogen and oxygen atoms in total. The monoisotopic (exact) mass is 330 g/mol. The molecule has 0 aromatic rings. The van der Waals surface area contributed by atoms with Crippen molar-refractivity contribution in [2.45, 2.75) is 71.5 Å². The summed E-state index contributed by atoms with van der Waals surface area (Å²) in [6, 6.07) is 0.